The fraction of sp³-hybridized carbons (Fsp3) is 0.366. The van der Waals surface area contributed by atoms with E-state index in [0.29, 0.717) is 36.0 Å². The molecule has 0 aliphatic rings. The highest BCUT2D eigenvalue weighted by Gasteiger charge is 2.33. The minimum atomic E-state index is 0.0585. The highest BCUT2D eigenvalue weighted by atomic mass is 15.0. The molecule has 0 radical (unpaired) electrons. The van der Waals surface area contributed by atoms with Crippen LogP contribution >= 0.6 is 0 Å². The van der Waals surface area contributed by atoms with Crippen LogP contribution in [0.3, 0.4) is 0 Å². The van der Waals surface area contributed by atoms with Crippen molar-refractivity contribution in [2.75, 3.05) is 0 Å². The van der Waals surface area contributed by atoms with Gasteiger partial charge in [0.05, 0.1) is 60.1 Å². The summed E-state index contributed by atoms with van der Waals surface area (Å²) in [5, 5.41) is 15.3. The topological polar surface area (TPSA) is 23.3 Å². The van der Waals surface area contributed by atoms with Crippen LogP contribution < -0.4 is 27.4 Å². The van der Waals surface area contributed by atoms with E-state index in [-0.39, 0.29) is 21.7 Å². The van der Waals surface area contributed by atoms with Gasteiger partial charge in [0, 0.05) is 69.7 Å². The molecule has 768 valence electrons. The molecule has 0 bridgehead atoms. The molecule has 0 saturated heterocycles. The largest absolute Gasteiger partial charge is 0.220 e. The first kappa shape index (κ1) is 109. The van der Waals surface area contributed by atoms with Crippen LogP contribution in [0, 0.1) is 125 Å². The Morgan fingerprint density at radius 1 is 0.209 bits per heavy atom. The predicted molar refractivity (Wildman–Crippen MR) is 640 cm³/mol. The molecule has 18 aromatic rings. The maximum absolute atomic E-state index is 8.53. The third-order valence-electron chi connectivity index (χ3n) is 31.5. The summed E-state index contributed by atoms with van der Waals surface area (Å²) in [6.07, 6.45) is 1.07. The lowest BCUT2D eigenvalue weighted by molar-refractivity contribution is -0.665. The molecule has 0 N–H and O–H groups in total. The molecule has 12 aromatic carbocycles. The van der Waals surface area contributed by atoms with E-state index in [1.807, 2.05) is 35.4 Å². The molecule has 0 atom stereocenters. The van der Waals surface area contributed by atoms with E-state index < -0.39 is 0 Å². The van der Waals surface area contributed by atoms with Crippen molar-refractivity contribution in [3.05, 3.63) is 388 Å². The molecular formula is C142H176N6+6. The van der Waals surface area contributed by atoms with Gasteiger partial charge in [-0.2, -0.15) is 18.3 Å². The van der Waals surface area contributed by atoms with Crippen molar-refractivity contribution in [1.29, 1.82) is 0 Å². The molecule has 6 heteroatoms. The Kier molecular flexibility index (Phi) is 32.8. The molecule has 0 unspecified atom stereocenters. The molecule has 0 fully saturated rings. The van der Waals surface area contributed by atoms with Crippen molar-refractivity contribution in [3.8, 4) is 67.5 Å². The highest BCUT2D eigenvalue weighted by Crippen LogP contribution is 2.44. The Bertz CT molecular complexity index is 8260. The van der Waals surface area contributed by atoms with Gasteiger partial charge in [0.25, 0.3) is 0 Å². The summed E-state index contributed by atoms with van der Waals surface area (Å²) in [6.45, 7) is 85.0. The lowest BCUT2D eigenvalue weighted by Crippen LogP contribution is -2.35. The van der Waals surface area contributed by atoms with E-state index in [1.165, 1.54) is 255 Å². The summed E-state index contributed by atoms with van der Waals surface area (Å²) >= 11 is 0. The fourth-order valence-corrected chi connectivity index (χ4v) is 21.2. The first-order chi connectivity index (χ1) is 69.9. The minimum absolute atomic E-state index is 0.0585. The number of pyridine rings is 6. The third-order valence-corrected chi connectivity index (χ3v) is 31.5. The summed E-state index contributed by atoms with van der Waals surface area (Å²) < 4.78 is 30.4. The van der Waals surface area contributed by atoms with Gasteiger partial charge in [-0.25, -0.2) is 9.13 Å². The number of hydrogen-bond donors (Lipinski definition) is 0. The molecular weight excluding hydrogens is 1790 g/mol. The maximum atomic E-state index is 8.53. The predicted octanol–water partition coefficient (Wildman–Crippen LogP) is 35.2. The second-order valence-electron chi connectivity index (χ2n) is 48.9. The highest BCUT2D eigenvalue weighted by molar-refractivity contribution is 6.00. The van der Waals surface area contributed by atoms with Crippen LogP contribution in [0.15, 0.2) is 243 Å². The van der Waals surface area contributed by atoms with Gasteiger partial charge in [-0.1, -0.05) is 293 Å². The standard InChI is InChI=1S/C26H34N.2C24H30N.2C23H28N.C22H26N/c1-17-10-11-19-12-13-27(9)24(22(19)14-17)21-15-20(25(3,4)5)16-23(18(21)2)26(6,7)8;1-15-9-10-19-13-17(3)25(8)23(22(19)11-15)21-14-20(24(5,6)7)12-16(2)18(21)4;1-15(2)20-13-21(16(3)4)18(6)22(14-20)24-23-12-17(5)8-9-19(23)10-11-25(24)7;1-15-8-10-18-13-17(3)24(7)22(21(18)12-15)20-14-19(23(4,5)6)11-9-16(20)2;1-14(2)20-11-16(4)18(6)21(13-20)23-22-10-15(3)8-9-19(22)12-17(5)24(23)7;1-14(2)18-10-8-16(4)20(13-18)22-21-11-15(3)7-9-19(21)12-17(5)23(22)6/h10-16H,1-9H3;9-14H,1-8H3;8-16H,1-7H3;2*8-14H,1-7H3;7-14H,1-6H3/q6*+1/i13D;;11D;;;. The van der Waals surface area contributed by atoms with Crippen LogP contribution in [0.4, 0.5) is 0 Å². The van der Waals surface area contributed by atoms with Crippen LogP contribution in [0.2, 0.25) is 0 Å². The van der Waals surface area contributed by atoms with Gasteiger partial charge in [-0.15, -0.1) is 0 Å². The van der Waals surface area contributed by atoms with Crippen LogP contribution in [0.5, 0.6) is 0 Å². The molecule has 148 heavy (non-hydrogen) atoms. The van der Waals surface area contributed by atoms with Gasteiger partial charge in [-0.05, 0) is 336 Å². The quantitative estimate of drug-likeness (QED) is 0.122. The van der Waals surface area contributed by atoms with Gasteiger partial charge in [0.15, 0.2) is 35.1 Å². The maximum Gasteiger partial charge on any atom is 0.220 e. The van der Waals surface area contributed by atoms with E-state index in [2.05, 4.69) is 528 Å². The zero-order chi connectivity index (χ0) is 111. The molecule has 6 aromatic heterocycles. The van der Waals surface area contributed by atoms with Crippen molar-refractivity contribution < 1.29 is 30.1 Å². The lowest BCUT2D eigenvalue weighted by atomic mass is 9.76. The minimum Gasteiger partial charge on any atom is -0.200 e. The zero-order valence-corrected chi connectivity index (χ0v) is 98.9. The number of benzene rings is 12. The van der Waals surface area contributed by atoms with Crippen molar-refractivity contribution >= 4 is 64.6 Å². The van der Waals surface area contributed by atoms with Gasteiger partial charge in [-0.3, -0.25) is 0 Å². The second-order valence-corrected chi connectivity index (χ2v) is 48.9. The van der Waals surface area contributed by atoms with Crippen LogP contribution in [-0.2, 0) is 63.9 Å². The number of fused-ring (bicyclic) bond motifs is 6. The molecule has 6 heterocycles. The average Bonchev–Trinajstić information content (AvgIpc) is 0.750. The number of aromatic nitrogens is 6. The van der Waals surface area contributed by atoms with E-state index in [4.69, 9.17) is 2.74 Å². The summed E-state index contributed by atoms with van der Waals surface area (Å²) in [7, 11) is 12.7. The summed E-state index contributed by atoms with van der Waals surface area (Å²) in [5.41, 5.74) is 50.6. The SMILES string of the molecule is Cc1ccc2cc(C)[n+](C)c(-c3cc(C(C)(C)C)cc(C)c3C)c2c1.Cc1ccc2cc(C)[n+](C)c(-c3cc(C(C)(C)C)ccc3C)c2c1.Cc1ccc2cc(C)[n+](C)c(-c3cc(C(C)C)cc(C)c3C)c2c1.Cc1ccc2cc(C)[n+](C)c(-c3cc(C(C)C)ccc3C)c2c1.[2H]c1cc2ccc(C)cc2c(-c2cc(C(C)(C)C)cc(C(C)(C)C)c2C)[n+]1C.[2H]c1cc2ccc(C)cc2c(-c2cc(C(C)C)cc(C(C)C)c2C)[n+]1C. The van der Waals surface area contributed by atoms with E-state index in [0.717, 1.165) is 22.2 Å². The molecule has 0 amide bonds. The Morgan fingerprint density at radius 2 is 0.486 bits per heavy atom. The second kappa shape index (κ2) is 44.5. The molecule has 0 saturated carbocycles. The first-order valence-corrected chi connectivity index (χ1v) is 54.1. The average molecular weight is 1970 g/mol. The summed E-state index contributed by atoms with van der Waals surface area (Å²) in [5.74, 6) is 2.03. The number of nitrogens with zero attached hydrogens (tertiary/aromatic N) is 6. The third kappa shape index (κ3) is 24.3. The lowest BCUT2D eigenvalue weighted by Gasteiger charge is -2.28. The van der Waals surface area contributed by atoms with Crippen molar-refractivity contribution in [1.82, 2.24) is 0 Å². The Balaban J connectivity index is 0.000000150. The van der Waals surface area contributed by atoms with Crippen molar-refractivity contribution in [3.63, 3.8) is 0 Å². The summed E-state index contributed by atoms with van der Waals surface area (Å²) in [6, 6.07) is 85.8. The first-order valence-electron chi connectivity index (χ1n) is 55.1. The van der Waals surface area contributed by atoms with Gasteiger partial charge < -0.3 is 0 Å². The Labute approximate surface area is 895 Å². The molecule has 0 spiro atoms. The number of hydrogen-bond acceptors (Lipinski definition) is 0. The van der Waals surface area contributed by atoms with Gasteiger partial charge in [0.1, 0.15) is 45.0 Å². The normalized spacial score (nSPS) is 12.1. The van der Waals surface area contributed by atoms with Gasteiger partial charge >= 0.3 is 0 Å². The van der Waals surface area contributed by atoms with Gasteiger partial charge in [0.2, 0.25) is 34.2 Å². The van der Waals surface area contributed by atoms with E-state index >= 15 is 0 Å². The zero-order valence-electron chi connectivity index (χ0n) is 101. The Hall–Kier alpha value is -12.9. The smallest absolute Gasteiger partial charge is 0.200 e. The molecule has 18 rings (SSSR count). The van der Waals surface area contributed by atoms with E-state index in [9.17, 15) is 0 Å². The van der Waals surface area contributed by atoms with E-state index in [1.54, 1.807) is 0 Å². The monoisotopic (exact) mass is 1970 g/mol. The number of aryl methyl sites for hydroxylation is 14. The van der Waals surface area contributed by atoms with Crippen LogP contribution in [0.25, 0.3) is 132 Å². The van der Waals surface area contributed by atoms with Crippen LogP contribution in [-0.4, -0.2) is 0 Å². The molecule has 0 aliphatic carbocycles. The molecule has 6 nitrogen and oxygen atoms in total. The fourth-order valence-electron chi connectivity index (χ4n) is 21.2. The van der Waals surface area contributed by atoms with Crippen molar-refractivity contribution in [2.24, 2.45) is 42.3 Å². The summed E-state index contributed by atoms with van der Waals surface area (Å²) in [4.78, 5) is 0. The van der Waals surface area contributed by atoms with Crippen molar-refractivity contribution in [2.45, 2.75) is 308 Å². The number of rotatable bonds is 10. The van der Waals surface area contributed by atoms with Crippen LogP contribution in [0.1, 0.15) is 310 Å². The Morgan fingerprint density at radius 3 is 0.824 bits per heavy atom. The molecule has 0 aliphatic heterocycles.